The summed E-state index contributed by atoms with van der Waals surface area (Å²) < 4.78 is 0.507. The number of aromatic hydroxyl groups is 1. The molecule has 4 heteroatoms. The largest absolute Gasteiger partial charge is 0.506 e. The maximum absolute atomic E-state index is 11.6. The lowest BCUT2D eigenvalue weighted by Gasteiger charge is -2.10. The number of nitrogens with two attached hydrogens (primary N) is 1. The van der Waals surface area contributed by atoms with Gasteiger partial charge in [0.05, 0.1) is 16.1 Å². The van der Waals surface area contributed by atoms with E-state index in [4.69, 9.17) is 5.73 Å². The Kier molecular flexibility index (Phi) is 3.29. The number of Topliss-reactive ketones (excluding diaryl/α,β-unsaturated/α-hetero) is 1. The highest BCUT2D eigenvalue weighted by Gasteiger charge is 2.19. The van der Waals surface area contributed by atoms with Gasteiger partial charge in [0.1, 0.15) is 5.75 Å². The molecule has 0 amide bonds. The van der Waals surface area contributed by atoms with Crippen molar-refractivity contribution in [3.63, 3.8) is 0 Å². The van der Waals surface area contributed by atoms with Crippen LogP contribution in [-0.4, -0.2) is 16.9 Å². The van der Waals surface area contributed by atoms with E-state index in [2.05, 4.69) is 15.9 Å². The summed E-state index contributed by atoms with van der Waals surface area (Å²) in [6.07, 6.45) is 0. The number of phenolic OH excluding ortho intramolecular Hbond substituents is 1. The summed E-state index contributed by atoms with van der Waals surface area (Å²) in [6, 6.07) is 2.86. The smallest absolute Gasteiger partial charge is 0.183 e. The summed E-state index contributed by atoms with van der Waals surface area (Å²) in [5.74, 6) is -0.284. The van der Waals surface area contributed by atoms with Crippen LogP contribution in [0.3, 0.4) is 0 Å². The van der Waals surface area contributed by atoms with Crippen LogP contribution in [0.1, 0.15) is 22.8 Å². The third-order valence-corrected chi connectivity index (χ3v) is 2.64. The number of hydrogen-bond acceptors (Lipinski definition) is 3. The zero-order valence-electron chi connectivity index (χ0n) is 8.04. The average Bonchev–Trinajstić information content (AvgIpc) is 2.12. The molecule has 1 atom stereocenters. The summed E-state index contributed by atoms with van der Waals surface area (Å²) in [5.41, 5.74) is 6.51. The lowest BCUT2D eigenvalue weighted by Crippen LogP contribution is -2.27. The van der Waals surface area contributed by atoms with Gasteiger partial charge in [-0.2, -0.15) is 0 Å². The molecule has 3 nitrogen and oxygen atoms in total. The van der Waals surface area contributed by atoms with Crippen LogP contribution in [0.15, 0.2) is 16.6 Å². The van der Waals surface area contributed by atoms with Gasteiger partial charge >= 0.3 is 0 Å². The van der Waals surface area contributed by atoms with Crippen molar-refractivity contribution in [1.82, 2.24) is 0 Å². The Morgan fingerprint density at radius 3 is 2.64 bits per heavy atom. The molecule has 0 aliphatic rings. The van der Waals surface area contributed by atoms with E-state index >= 15 is 0 Å². The van der Waals surface area contributed by atoms with Gasteiger partial charge in [-0.15, -0.1) is 0 Å². The SMILES string of the molecule is Cc1ccc(Br)c(O)c1C(=O)C(C)N. The Morgan fingerprint density at radius 1 is 1.57 bits per heavy atom. The summed E-state index contributed by atoms with van der Waals surface area (Å²) in [6.45, 7) is 3.36. The first kappa shape index (κ1) is 11.2. The molecule has 3 N–H and O–H groups in total. The van der Waals surface area contributed by atoms with E-state index in [1.807, 2.05) is 0 Å². The summed E-state index contributed by atoms with van der Waals surface area (Å²) in [4.78, 5) is 11.6. The number of hydrogen-bond donors (Lipinski definition) is 2. The molecule has 0 fully saturated rings. The molecule has 0 aliphatic carbocycles. The minimum absolute atomic E-state index is 0.0349. The van der Waals surface area contributed by atoms with Crippen LogP contribution >= 0.6 is 15.9 Å². The van der Waals surface area contributed by atoms with Crippen molar-refractivity contribution in [1.29, 1.82) is 0 Å². The van der Waals surface area contributed by atoms with Crippen LogP contribution in [0.5, 0.6) is 5.75 Å². The fourth-order valence-electron chi connectivity index (χ4n) is 1.21. The molecule has 0 heterocycles. The fraction of sp³-hybridized carbons (Fsp3) is 0.300. The molecule has 0 saturated carbocycles. The number of ketones is 1. The van der Waals surface area contributed by atoms with Crippen molar-refractivity contribution in [3.05, 3.63) is 27.7 Å². The maximum atomic E-state index is 11.6. The van der Waals surface area contributed by atoms with E-state index in [9.17, 15) is 9.90 Å². The van der Waals surface area contributed by atoms with Crippen molar-refractivity contribution in [2.24, 2.45) is 5.73 Å². The predicted molar refractivity (Wildman–Crippen MR) is 58.5 cm³/mol. The molecule has 0 aromatic heterocycles. The number of carbonyl (C=O) groups excluding carboxylic acids is 1. The topological polar surface area (TPSA) is 63.3 Å². The Balaban J connectivity index is 3.33. The molecule has 14 heavy (non-hydrogen) atoms. The Hall–Kier alpha value is -0.870. The number of aryl methyl sites for hydroxylation is 1. The summed E-state index contributed by atoms with van der Waals surface area (Å²) in [5, 5.41) is 9.67. The predicted octanol–water partition coefficient (Wildman–Crippen LogP) is 1.99. The standard InChI is InChI=1S/C10H12BrNO2/c1-5-3-4-7(11)10(14)8(5)9(13)6(2)12/h3-4,6,14H,12H2,1-2H3. The van der Waals surface area contributed by atoms with Gasteiger partial charge in [-0.3, -0.25) is 4.79 Å². The molecule has 1 aromatic rings. The second-order valence-electron chi connectivity index (χ2n) is 3.24. The van der Waals surface area contributed by atoms with Crippen LogP contribution in [0.2, 0.25) is 0 Å². The minimum atomic E-state index is -0.603. The highest BCUT2D eigenvalue weighted by Crippen LogP contribution is 2.30. The average molecular weight is 258 g/mol. The quantitative estimate of drug-likeness (QED) is 0.797. The number of rotatable bonds is 2. The molecule has 0 spiro atoms. The van der Waals surface area contributed by atoms with E-state index in [-0.39, 0.29) is 11.5 Å². The Morgan fingerprint density at radius 2 is 2.14 bits per heavy atom. The third-order valence-electron chi connectivity index (χ3n) is 2.00. The second-order valence-corrected chi connectivity index (χ2v) is 4.10. The fourth-order valence-corrected chi connectivity index (χ4v) is 1.54. The monoisotopic (exact) mass is 257 g/mol. The lowest BCUT2D eigenvalue weighted by atomic mass is 10.00. The molecule has 0 saturated heterocycles. The molecular formula is C10H12BrNO2. The first-order valence-corrected chi connectivity index (χ1v) is 5.02. The van der Waals surface area contributed by atoms with Crippen molar-refractivity contribution in [2.75, 3.05) is 0 Å². The number of halogens is 1. The van der Waals surface area contributed by atoms with Crippen LogP contribution in [0.4, 0.5) is 0 Å². The summed E-state index contributed by atoms with van der Waals surface area (Å²) in [7, 11) is 0. The molecule has 0 bridgehead atoms. The van der Waals surface area contributed by atoms with Crippen LogP contribution in [-0.2, 0) is 0 Å². The van der Waals surface area contributed by atoms with Gasteiger partial charge in [0, 0.05) is 0 Å². The van der Waals surface area contributed by atoms with Gasteiger partial charge in [0.2, 0.25) is 0 Å². The minimum Gasteiger partial charge on any atom is -0.506 e. The van der Waals surface area contributed by atoms with E-state index in [1.54, 1.807) is 26.0 Å². The van der Waals surface area contributed by atoms with Crippen molar-refractivity contribution >= 4 is 21.7 Å². The number of phenols is 1. The van der Waals surface area contributed by atoms with Crippen molar-refractivity contribution in [3.8, 4) is 5.75 Å². The van der Waals surface area contributed by atoms with E-state index < -0.39 is 6.04 Å². The molecule has 0 aliphatic heterocycles. The van der Waals surface area contributed by atoms with E-state index in [0.29, 0.717) is 10.0 Å². The van der Waals surface area contributed by atoms with Crippen molar-refractivity contribution < 1.29 is 9.90 Å². The third kappa shape index (κ3) is 1.96. The highest BCUT2D eigenvalue weighted by molar-refractivity contribution is 9.10. The van der Waals surface area contributed by atoms with Crippen LogP contribution in [0, 0.1) is 6.92 Å². The Labute approximate surface area is 91.1 Å². The zero-order chi connectivity index (χ0) is 10.9. The molecule has 76 valence electrons. The molecular weight excluding hydrogens is 246 g/mol. The Bertz CT molecular complexity index is 375. The molecule has 0 radical (unpaired) electrons. The maximum Gasteiger partial charge on any atom is 0.183 e. The van der Waals surface area contributed by atoms with Gasteiger partial charge in [-0.25, -0.2) is 0 Å². The van der Waals surface area contributed by atoms with E-state index in [0.717, 1.165) is 5.56 Å². The van der Waals surface area contributed by atoms with Crippen LogP contribution in [0.25, 0.3) is 0 Å². The summed E-state index contributed by atoms with van der Waals surface area (Å²) >= 11 is 3.15. The van der Waals surface area contributed by atoms with E-state index in [1.165, 1.54) is 0 Å². The van der Waals surface area contributed by atoms with Crippen LogP contribution < -0.4 is 5.73 Å². The zero-order valence-corrected chi connectivity index (χ0v) is 9.63. The molecule has 1 aromatic carbocycles. The number of carbonyl (C=O) groups is 1. The number of benzene rings is 1. The van der Waals surface area contributed by atoms with Gasteiger partial charge in [-0.05, 0) is 41.4 Å². The van der Waals surface area contributed by atoms with Gasteiger partial charge in [-0.1, -0.05) is 6.07 Å². The van der Waals surface area contributed by atoms with Gasteiger partial charge < -0.3 is 10.8 Å². The molecule has 1 rings (SSSR count). The van der Waals surface area contributed by atoms with Gasteiger partial charge in [0.15, 0.2) is 5.78 Å². The first-order chi connectivity index (χ1) is 6.45. The normalized spacial score (nSPS) is 12.6. The molecule has 1 unspecified atom stereocenters. The lowest BCUT2D eigenvalue weighted by molar-refractivity contribution is 0.0964. The first-order valence-electron chi connectivity index (χ1n) is 4.23. The highest BCUT2D eigenvalue weighted by atomic mass is 79.9. The van der Waals surface area contributed by atoms with Crippen molar-refractivity contribution in [2.45, 2.75) is 19.9 Å². The second kappa shape index (κ2) is 4.11. The van der Waals surface area contributed by atoms with Gasteiger partial charge in [0.25, 0.3) is 0 Å².